The van der Waals surface area contributed by atoms with Crippen LogP contribution in [0.1, 0.15) is 5.56 Å². The molecule has 0 fully saturated rings. The van der Waals surface area contributed by atoms with Gasteiger partial charge in [0.2, 0.25) is 0 Å². The lowest BCUT2D eigenvalue weighted by Gasteiger charge is -1.93. The van der Waals surface area contributed by atoms with Gasteiger partial charge in [0, 0.05) is 17.4 Å². The molecule has 0 atom stereocenters. The van der Waals surface area contributed by atoms with Crippen LogP contribution in [0.2, 0.25) is 0 Å². The first-order chi connectivity index (χ1) is 4.93. The van der Waals surface area contributed by atoms with Gasteiger partial charge in [0.15, 0.2) is 0 Å². The fourth-order valence-corrected chi connectivity index (χ4v) is 2.39. The molecule has 1 rings (SSSR count). The van der Waals surface area contributed by atoms with Gasteiger partial charge in [-0.3, -0.25) is 0 Å². The second kappa shape index (κ2) is 5.05. The summed E-state index contributed by atoms with van der Waals surface area (Å²) in [6, 6.07) is 2.16. The molecule has 1 heterocycles. The topological polar surface area (TPSA) is 0 Å². The van der Waals surface area contributed by atoms with Gasteiger partial charge in [-0.15, -0.1) is 11.6 Å². The third kappa shape index (κ3) is 2.95. The van der Waals surface area contributed by atoms with E-state index in [0.29, 0.717) is 0 Å². The first kappa shape index (κ1) is 8.44. The van der Waals surface area contributed by atoms with Crippen LogP contribution in [0.15, 0.2) is 16.8 Å². The molecule has 0 amide bonds. The van der Waals surface area contributed by atoms with Crippen LogP contribution in [0.4, 0.5) is 0 Å². The molecule has 0 saturated carbocycles. The average molecular weight is 193 g/mol. The Morgan fingerprint density at radius 2 is 2.50 bits per heavy atom. The number of thioether (sulfide) groups is 1. The average Bonchev–Trinajstić information content (AvgIpc) is 2.41. The van der Waals surface area contributed by atoms with Gasteiger partial charge in [-0.1, -0.05) is 0 Å². The highest BCUT2D eigenvalue weighted by molar-refractivity contribution is 7.98. The Labute approximate surface area is 74.6 Å². The van der Waals surface area contributed by atoms with E-state index in [4.69, 9.17) is 11.6 Å². The van der Waals surface area contributed by atoms with E-state index < -0.39 is 0 Å². The number of hydrogen-bond donors (Lipinski definition) is 0. The normalized spacial score (nSPS) is 10.1. The van der Waals surface area contributed by atoms with Crippen LogP contribution in [-0.2, 0) is 5.75 Å². The van der Waals surface area contributed by atoms with Crippen molar-refractivity contribution >= 4 is 34.7 Å². The number of alkyl halides is 1. The van der Waals surface area contributed by atoms with Crippen molar-refractivity contribution in [3.8, 4) is 0 Å². The Morgan fingerprint density at radius 1 is 1.60 bits per heavy atom. The summed E-state index contributed by atoms with van der Waals surface area (Å²) in [4.78, 5) is 0. The summed E-state index contributed by atoms with van der Waals surface area (Å²) >= 11 is 9.16. The van der Waals surface area contributed by atoms with E-state index in [2.05, 4.69) is 16.8 Å². The quantitative estimate of drug-likeness (QED) is 0.522. The molecule has 3 heteroatoms. The van der Waals surface area contributed by atoms with Gasteiger partial charge in [-0.25, -0.2) is 0 Å². The van der Waals surface area contributed by atoms with Crippen molar-refractivity contribution in [2.45, 2.75) is 5.75 Å². The number of hydrogen-bond acceptors (Lipinski definition) is 2. The van der Waals surface area contributed by atoms with Crippen LogP contribution >= 0.6 is 34.7 Å². The zero-order valence-electron chi connectivity index (χ0n) is 5.55. The Bertz CT molecular complexity index is 160. The maximum Gasteiger partial charge on any atom is 0.0314 e. The lowest BCUT2D eigenvalue weighted by molar-refractivity contribution is 1.44. The van der Waals surface area contributed by atoms with E-state index in [9.17, 15) is 0 Å². The highest BCUT2D eigenvalue weighted by Gasteiger charge is 1.91. The van der Waals surface area contributed by atoms with Crippen LogP contribution in [0, 0.1) is 0 Å². The largest absolute Gasteiger partial charge is 0.156 e. The highest BCUT2D eigenvalue weighted by Crippen LogP contribution is 2.14. The molecule has 56 valence electrons. The molecular formula is C7H9ClS2. The van der Waals surface area contributed by atoms with Crippen molar-refractivity contribution in [3.63, 3.8) is 0 Å². The van der Waals surface area contributed by atoms with Crippen LogP contribution in [0.3, 0.4) is 0 Å². The lowest BCUT2D eigenvalue weighted by Crippen LogP contribution is -1.80. The summed E-state index contributed by atoms with van der Waals surface area (Å²) in [5.74, 6) is 2.92. The van der Waals surface area contributed by atoms with E-state index in [1.54, 1.807) is 11.3 Å². The molecule has 10 heavy (non-hydrogen) atoms. The standard InChI is InChI=1S/C7H9ClS2/c8-2-4-10-6-7-1-3-9-5-7/h1,3,5H,2,4,6H2. The van der Waals surface area contributed by atoms with Crippen molar-refractivity contribution in [1.29, 1.82) is 0 Å². The molecule has 0 aliphatic heterocycles. The van der Waals surface area contributed by atoms with Gasteiger partial charge in [0.1, 0.15) is 0 Å². The van der Waals surface area contributed by atoms with Crippen molar-refractivity contribution in [3.05, 3.63) is 22.4 Å². The van der Waals surface area contributed by atoms with Gasteiger partial charge in [-0.2, -0.15) is 23.1 Å². The summed E-state index contributed by atoms with van der Waals surface area (Å²) < 4.78 is 0. The van der Waals surface area contributed by atoms with Crippen LogP contribution < -0.4 is 0 Å². The van der Waals surface area contributed by atoms with Crippen molar-refractivity contribution in [1.82, 2.24) is 0 Å². The Hall–Kier alpha value is 0.340. The van der Waals surface area contributed by atoms with Crippen LogP contribution in [0.25, 0.3) is 0 Å². The predicted molar refractivity (Wildman–Crippen MR) is 51.2 cm³/mol. The maximum atomic E-state index is 5.52. The van der Waals surface area contributed by atoms with E-state index in [-0.39, 0.29) is 0 Å². The van der Waals surface area contributed by atoms with Gasteiger partial charge >= 0.3 is 0 Å². The molecule has 0 radical (unpaired) electrons. The van der Waals surface area contributed by atoms with Crippen molar-refractivity contribution in [2.75, 3.05) is 11.6 Å². The zero-order valence-corrected chi connectivity index (χ0v) is 7.94. The molecule has 0 spiro atoms. The molecule has 0 unspecified atom stereocenters. The summed E-state index contributed by atoms with van der Waals surface area (Å²) in [5.41, 5.74) is 1.42. The minimum Gasteiger partial charge on any atom is -0.156 e. The lowest BCUT2D eigenvalue weighted by atomic mass is 10.4. The summed E-state index contributed by atoms with van der Waals surface area (Å²) in [5, 5.41) is 4.29. The van der Waals surface area contributed by atoms with E-state index in [1.807, 2.05) is 11.8 Å². The molecule has 0 aliphatic carbocycles. The first-order valence-electron chi connectivity index (χ1n) is 3.08. The number of halogens is 1. The smallest absolute Gasteiger partial charge is 0.0314 e. The molecule has 1 aromatic heterocycles. The Balaban J connectivity index is 2.15. The zero-order chi connectivity index (χ0) is 7.23. The fourth-order valence-electron chi connectivity index (χ4n) is 0.619. The van der Waals surface area contributed by atoms with Crippen LogP contribution in [0.5, 0.6) is 0 Å². The maximum absolute atomic E-state index is 5.52. The highest BCUT2D eigenvalue weighted by atomic mass is 35.5. The molecule has 0 nitrogen and oxygen atoms in total. The number of thiophene rings is 1. The van der Waals surface area contributed by atoms with Crippen molar-refractivity contribution < 1.29 is 0 Å². The van der Waals surface area contributed by atoms with Gasteiger partial charge in [-0.05, 0) is 22.4 Å². The molecule has 0 saturated heterocycles. The minimum absolute atomic E-state index is 0.759. The molecule has 0 aromatic carbocycles. The molecule has 1 aromatic rings. The van der Waals surface area contributed by atoms with Gasteiger partial charge in [0.25, 0.3) is 0 Å². The molecule has 0 bridgehead atoms. The molecular weight excluding hydrogens is 184 g/mol. The first-order valence-corrected chi connectivity index (χ1v) is 5.71. The van der Waals surface area contributed by atoms with Crippen LogP contribution in [-0.4, -0.2) is 11.6 Å². The third-order valence-corrected chi connectivity index (χ3v) is 3.25. The summed E-state index contributed by atoms with van der Waals surface area (Å²) in [6.07, 6.45) is 0. The Morgan fingerprint density at radius 3 is 3.10 bits per heavy atom. The minimum atomic E-state index is 0.759. The van der Waals surface area contributed by atoms with E-state index >= 15 is 0 Å². The summed E-state index contributed by atoms with van der Waals surface area (Å²) in [7, 11) is 0. The number of rotatable bonds is 4. The molecule has 0 N–H and O–H groups in total. The van der Waals surface area contributed by atoms with E-state index in [1.165, 1.54) is 5.56 Å². The summed E-state index contributed by atoms with van der Waals surface area (Å²) in [6.45, 7) is 0. The Kier molecular flexibility index (Phi) is 4.26. The van der Waals surface area contributed by atoms with Gasteiger partial charge in [0.05, 0.1) is 0 Å². The monoisotopic (exact) mass is 192 g/mol. The molecule has 0 aliphatic rings. The third-order valence-electron chi connectivity index (χ3n) is 1.07. The van der Waals surface area contributed by atoms with Gasteiger partial charge < -0.3 is 0 Å². The second-order valence-electron chi connectivity index (χ2n) is 1.87. The van der Waals surface area contributed by atoms with E-state index in [0.717, 1.165) is 17.4 Å². The fraction of sp³-hybridized carbons (Fsp3) is 0.429. The van der Waals surface area contributed by atoms with Crippen molar-refractivity contribution in [2.24, 2.45) is 0 Å². The predicted octanol–water partition coefficient (Wildman–Crippen LogP) is 3.22. The SMILES string of the molecule is ClCCSCc1ccsc1. The second-order valence-corrected chi connectivity index (χ2v) is 4.14.